The second-order valence-electron chi connectivity index (χ2n) is 5.72. The maximum Gasteiger partial charge on any atom is 0.317 e. The van der Waals surface area contributed by atoms with Gasteiger partial charge in [-0.15, -0.1) is 0 Å². The van der Waals surface area contributed by atoms with Crippen LogP contribution in [-0.4, -0.2) is 81.0 Å². The molecule has 0 radical (unpaired) electrons. The van der Waals surface area contributed by atoms with Gasteiger partial charge in [-0.1, -0.05) is 6.92 Å². The lowest BCUT2D eigenvalue weighted by Gasteiger charge is -2.34. The Kier molecular flexibility index (Phi) is 7.26. The number of piperazine rings is 1. The summed E-state index contributed by atoms with van der Waals surface area (Å²) in [7, 11) is 0. The maximum atomic E-state index is 12.0. The molecule has 1 unspecified atom stereocenters. The molecular weight excluding hydrogens is 270 g/mol. The highest BCUT2D eigenvalue weighted by Gasteiger charge is 2.19. The Hall–Kier alpha value is -0.850. The zero-order chi connectivity index (χ0) is 14.9. The van der Waals surface area contributed by atoms with Crippen molar-refractivity contribution in [3.63, 3.8) is 0 Å². The molecule has 2 fully saturated rings. The van der Waals surface area contributed by atoms with Crippen LogP contribution >= 0.6 is 0 Å². The van der Waals surface area contributed by atoms with E-state index in [0.717, 1.165) is 58.6 Å². The lowest BCUT2D eigenvalue weighted by Crippen LogP contribution is -2.51. The van der Waals surface area contributed by atoms with E-state index in [4.69, 9.17) is 9.47 Å². The highest BCUT2D eigenvalue weighted by Crippen LogP contribution is 2.11. The van der Waals surface area contributed by atoms with Crippen molar-refractivity contribution in [2.45, 2.75) is 32.3 Å². The third-order valence-corrected chi connectivity index (χ3v) is 4.18. The van der Waals surface area contributed by atoms with E-state index in [1.807, 2.05) is 4.90 Å². The Morgan fingerprint density at radius 3 is 2.81 bits per heavy atom. The van der Waals surface area contributed by atoms with Gasteiger partial charge in [0, 0.05) is 45.9 Å². The Morgan fingerprint density at radius 2 is 2.14 bits per heavy atom. The molecule has 2 heterocycles. The molecule has 6 heteroatoms. The monoisotopic (exact) mass is 299 g/mol. The lowest BCUT2D eigenvalue weighted by atomic mass is 10.2. The first-order chi connectivity index (χ1) is 10.3. The van der Waals surface area contributed by atoms with Gasteiger partial charge < -0.3 is 24.6 Å². The van der Waals surface area contributed by atoms with E-state index in [-0.39, 0.29) is 12.1 Å². The molecule has 6 nitrogen and oxygen atoms in total. The number of carbonyl (C=O) groups is 1. The summed E-state index contributed by atoms with van der Waals surface area (Å²) in [6.45, 7) is 9.77. The van der Waals surface area contributed by atoms with Gasteiger partial charge in [-0.05, 0) is 25.8 Å². The number of carbonyl (C=O) groups excluding carboxylic acids is 1. The molecule has 122 valence electrons. The number of nitrogens with one attached hydrogen (secondary N) is 1. The van der Waals surface area contributed by atoms with E-state index in [0.29, 0.717) is 19.8 Å². The van der Waals surface area contributed by atoms with Gasteiger partial charge in [-0.3, -0.25) is 0 Å². The van der Waals surface area contributed by atoms with E-state index in [1.54, 1.807) is 0 Å². The largest absolute Gasteiger partial charge is 0.379 e. The van der Waals surface area contributed by atoms with Gasteiger partial charge in [0.1, 0.15) is 0 Å². The fraction of sp³-hybridized carbons (Fsp3) is 0.933. The molecule has 2 amide bonds. The average molecular weight is 299 g/mol. The zero-order valence-corrected chi connectivity index (χ0v) is 13.2. The van der Waals surface area contributed by atoms with Crippen molar-refractivity contribution in [1.29, 1.82) is 0 Å². The summed E-state index contributed by atoms with van der Waals surface area (Å²) < 4.78 is 11.1. The van der Waals surface area contributed by atoms with E-state index in [9.17, 15) is 4.79 Å². The average Bonchev–Trinajstić information content (AvgIpc) is 3.04. The molecular formula is C15H29N3O3. The number of nitrogens with zero attached hydrogens (tertiary/aromatic N) is 2. The smallest absolute Gasteiger partial charge is 0.317 e. The number of urea groups is 1. The standard InChI is InChI=1S/C15H29N3O3/c1-2-17-7-9-18(10-8-17)15(19)16-6-4-11-20-13-14-5-3-12-21-14/h14H,2-13H2,1H3,(H,16,19). The minimum Gasteiger partial charge on any atom is -0.379 e. The van der Waals surface area contributed by atoms with E-state index >= 15 is 0 Å². The lowest BCUT2D eigenvalue weighted by molar-refractivity contribution is 0.0167. The molecule has 1 N–H and O–H groups in total. The van der Waals surface area contributed by atoms with Crippen molar-refractivity contribution in [1.82, 2.24) is 15.1 Å². The van der Waals surface area contributed by atoms with Crippen LogP contribution in [0.1, 0.15) is 26.2 Å². The molecule has 21 heavy (non-hydrogen) atoms. The Morgan fingerprint density at radius 1 is 1.33 bits per heavy atom. The van der Waals surface area contributed by atoms with Crippen LogP contribution < -0.4 is 5.32 Å². The zero-order valence-electron chi connectivity index (χ0n) is 13.2. The Bertz CT molecular complexity index is 301. The first-order valence-corrected chi connectivity index (χ1v) is 8.24. The molecule has 0 spiro atoms. The van der Waals surface area contributed by atoms with Crippen molar-refractivity contribution in [3.05, 3.63) is 0 Å². The van der Waals surface area contributed by atoms with Crippen molar-refractivity contribution in [2.24, 2.45) is 0 Å². The van der Waals surface area contributed by atoms with Crippen LogP contribution in [0.25, 0.3) is 0 Å². The van der Waals surface area contributed by atoms with Crippen LogP contribution in [0.2, 0.25) is 0 Å². The number of hydrogen-bond donors (Lipinski definition) is 1. The minimum atomic E-state index is 0.0601. The fourth-order valence-electron chi connectivity index (χ4n) is 2.74. The van der Waals surface area contributed by atoms with Crippen molar-refractivity contribution in [2.75, 3.05) is 59.1 Å². The SMILES string of the molecule is CCN1CCN(C(=O)NCCCOCC2CCCO2)CC1. The molecule has 2 aliphatic rings. The van der Waals surface area contributed by atoms with Gasteiger partial charge in [0.25, 0.3) is 0 Å². The molecule has 2 saturated heterocycles. The Balaban J connectivity index is 1.45. The summed E-state index contributed by atoms with van der Waals surface area (Å²) in [6, 6.07) is 0.0601. The molecule has 2 aliphatic heterocycles. The Labute approximate surface area is 127 Å². The van der Waals surface area contributed by atoms with Gasteiger partial charge in [0.05, 0.1) is 12.7 Å². The normalized spacial score (nSPS) is 23.5. The van der Waals surface area contributed by atoms with Crippen molar-refractivity contribution >= 4 is 6.03 Å². The molecule has 0 aromatic carbocycles. The molecule has 0 bridgehead atoms. The molecule has 0 aromatic rings. The topological polar surface area (TPSA) is 54.0 Å². The first-order valence-electron chi connectivity index (χ1n) is 8.24. The minimum absolute atomic E-state index is 0.0601. The highest BCUT2D eigenvalue weighted by molar-refractivity contribution is 5.74. The van der Waals surface area contributed by atoms with E-state index in [1.165, 1.54) is 0 Å². The van der Waals surface area contributed by atoms with E-state index in [2.05, 4.69) is 17.1 Å². The van der Waals surface area contributed by atoms with Crippen molar-refractivity contribution < 1.29 is 14.3 Å². The van der Waals surface area contributed by atoms with Gasteiger partial charge in [0.15, 0.2) is 0 Å². The summed E-state index contributed by atoms with van der Waals surface area (Å²) >= 11 is 0. The number of rotatable bonds is 7. The quantitative estimate of drug-likeness (QED) is 0.710. The highest BCUT2D eigenvalue weighted by atomic mass is 16.5. The predicted octanol–water partition coefficient (Wildman–Crippen LogP) is 0.919. The fourth-order valence-corrected chi connectivity index (χ4v) is 2.74. The summed E-state index contributed by atoms with van der Waals surface area (Å²) in [4.78, 5) is 16.2. The van der Waals surface area contributed by atoms with Crippen LogP contribution in [0.5, 0.6) is 0 Å². The van der Waals surface area contributed by atoms with Crippen LogP contribution in [0.4, 0.5) is 4.79 Å². The van der Waals surface area contributed by atoms with Gasteiger partial charge >= 0.3 is 6.03 Å². The van der Waals surface area contributed by atoms with Gasteiger partial charge in [-0.2, -0.15) is 0 Å². The van der Waals surface area contributed by atoms with Gasteiger partial charge in [0.2, 0.25) is 0 Å². The second kappa shape index (κ2) is 9.23. The van der Waals surface area contributed by atoms with Crippen LogP contribution in [0.3, 0.4) is 0 Å². The van der Waals surface area contributed by atoms with Crippen LogP contribution in [0.15, 0.2) is 0 Å². The third-order valence-electron chi connectivity index (χ3n) is 4.18. The van der Waals surface area contributed by atoms with E-state index < -0.39 is 0 Å². The van der Waals surface area contributed by atoms with Crippen molar-refractivity contribution in [3.8, 4) is 0 Å². The molecule has 2 rings (SSSR count). The summed E-state index contributed by atoms with van der Waals surface area (Å²) in [6.07, 6.45) is 3.40. The van der Waals surface area contributed by atoms with Crippen LogP contribution in [-0.2, 0) is 9.47 Å². The first kappa shape index (κ1) is 16.5. The maximum absolute atomic E-state index is 12.0. The molecule has 0 aliphatic carbocycles. The second-order valence-corrected chi connectivity index (χ2v) is 5.72. The number of ether oxygens (including phenoxy) is 2. The predicted molar refractivity (Wildman–Crippen MR) is 81.5 cm³/mol. The van der Waals surface area contributed by atoms with Crippen LogP contribution in [0, 0.1) is 0 Å². The molecule has 1 atom stereocenters. The summed E-state index contributed by atoms with van der Waals surface area (Å²) in [5.41, 5.74) is 0. The number of likely N-dealkylation sites (N-methyl/N-ethyl adjacent to an activating group) is 1. The van der Waals surface area contributed by atoms with Gasteiger partial charge in [-0.25, -0.2) is 4.79 Å². The summed E-state index contributed by atoms with van der Waals surface area (Å²) in [5.74, 6) is 0. The number of hydrogen-bond acceptors (Lipinski definition) is 4. The molecule has 0 saturated carbocycles. The summed E-state index contributed by atoms with van der Waals surface area (Å²) in [5, 5.41) is 2.97. The third kappa shape index (κ3) is 5.80. The number of amides is 2. The molecule has 0 aromatic heterocycles.